The summed E-state index contributed by atoms with van der Waals surface area (Å²) < 4.78 is 0. The fraction of sp³-hybridized carbons (Fsp3) is 0.417. The standard InChI is InChI=1S/C24H28Cl4N2O2S/c1-5-21(23(32)29-24(2,3)4)30(12-15-6-8-17(25)10-19(15)27)22(31)14-33-13-16-7-9-18(26)11-20(16)28/h6-11,21H,5,12-14H2,1-4H3,(H,29,32)/t21-/m0/s1. The van der Waals surface area contributed by atoms with Crippen molar-refractivity contribution >= 4 is 70.0 Å². The minimum absolute atomic E-state index is 0.160. The molecule has 0 heterocycles. The smallest absolute Gasteiger partial charge is 0.243 e. The van der Waals surface area contributed by atoms with Gasteiger partial charge in [0.05, 0.1) is 5.75 Å². The Bertz CT molecular complexity index is 995. The van der Waals surface area contributed by atoms with E-state index in [1.54, 1.807) is 35.2 Å². The number of nitrogens with one attached hydrogen (secondary N) is 1. The first-order valence-electron chi connectivity index (χ1n) is 10.5. The van der Waals surface area contributed by atoms with Gasteiger partial charge in [0, 0.05) is 37.9 Å². The first-order valence-corrected chi connectivity index (χ1v) is 13.1. The summed E-state index contributed by atoms with van der Waals surface area (Å²) in [7, 11) is 0. The Labute approximate surface area is 220 Å². The highest BCUT2D eigenvalue weighted by molar-refractivity contribution is 7.99. The second-order valence-electron chi connectivity index (χ2n) is 8.65. The number of halogens is 4. The number of rotatable bonds is 9. The third-order valence-corrected chi connectivity index (χ3v) is 6.88. The maximum atomic E-state index is 13.3. The van der Waals surface area contributed by atoms with Crippen LogP contribution in [0.2, 0.25) is 20.1 Å². The van der Waals surface area contributed by atoms with Crippen molar-refractivity contribution in [3.63, 3.8) is 0 Å². The van der Waals surface area contributed by atoms with Crippen molar-refractivity contribution < 1.29 is 9.59 Å². The lowest BCUT2D eigenvalue weighted by molar-refractivity contribution is -0.140. The van der Waals surface area contributed by atoms with Crippen molar-refractivity contribution in [2.24, 2.45) is 0 Å². The molecule has 0 aliphatic heterocycles. The molecule has 4 nitrogen and oxygen atoms in total. The zero-order chi connectivity index (χ0) is 24.8. The Morgan fingerprint density at radius 3 is 2.00 bits per heavy atom. The molecule has 2 aromatic carbocycles. The quantitative estimate of drug-likeness (QED) is 0.358. The molecule has 1 atom stereocenters. The van der Waals surface area contributed by atoms with Crippen LogP contribution in [0.15, 0.2) is 36.4 Å². The lowest BCUT2D eigenvalue weighted by atomic mass is 10.1. The first kappa shape index (κ1) is 28.1. The van der Waals surface area contributed by atoms with Gasteiger partial charge in [-0.25, -0.2) is 0 Å². The number of hydrogen-bond acceptors (Lipinski definition) is 3. The monoisotopic (exact) mass is 548 g/mol. The van der Waals surface area contributed by atoms with E-state index in [-0.39, 0.29) is 24.1 Å². The molecule has 0 radical (unpaired) electrons. The fourth-order valence-corrected chi connectivity index (χ4v) is 5.11. The Morgan fingerprint density at radius 1 is 0.970 bits per heavy atom. The van der Waals surface area contributed by atoms with Gasteiger partial charge in [-0.05, 0) is 62.6 Å². The average molecular weight is 550 g/mol. The topological polar surface area (TPSA) is 49.4 Å². The number of benzene rings is 2. The summed E-state index contributed by atoms with van der Waals surface area (Å²) in [4.78, 5) is 28.0. The zero-order valence-corrected chi connectivity index (χ0v) is 22.9. The summed E-state index contributed by atoms with van der Waals surface area (Å²) in [6.07, 6.45) is 0.465. The van der Waals surface area contributed by atoms with E-state index in [9.17, 15) is 9.59 Å². The van der Waals surface area contributed by atoms with Crippen LogP contribution in [0.25, 0.3) is 0 Å². The molecular weight excluding hydrogens is 522 g/mol. The van der Waals surface area contributed by atoms with Gasteiger partial charge in [0.2, 0.25) is 11.8 Å². The van der Waals surface area contributed by atoms with Gasteiger partial charge < -0.3 is 10.2 Å². The molecule has 0 aromatic heterocycles. The highest BCUT2D eigenvalue weighted by atomic mass is 35.5. The number of nitrogens with zero attached hydrogens (tertiary/aromatic N) is 1. The minimum atomic E-state index is -0.636. The van der Waals surface area contributed by atoms with Crippen LogP contribution >= 0.6 is 58.2 Å². The molecule has 180 valence electrons. The van der Waals surface area contributed by atoms with Gasteiger partial charge >= 0.3 is 0 Å². The van der Waals surface area contributed by atoms with E-state index in [0.717, 1.165) is 11.1 Å². The van der Waals surface area contributed by atoms with E-state index in [4.69, 9.17) is 46.4 Å². The van der Waals surface area contributed by atoms with Gasteiger partial charge in [0.25, 0.3) is 0 Å². The van der Waals surface area contributed by atoms with Crippen molar-refractivity contribution in [1.29, 1.82) is 0 Å². The SMILES string of the molecule is CC[C@@H](C(=O)NC(C)(C)C)N(Cc1ccc(Cl)cc1Cl)C(=O)CSCc1ccc(Cl)cc1Cl. The largest absolute Gasteiger partial charge is 0.350 e. The summed E-state index contributed by atoms with van der Waals surface area (Å²) >= 11 is 26.0. The summed E-state index contributed by atoms with van der Waals surface area (Å²) in [5.74, 6) is 0.368. The van der Waals surface area contributed by atoms with Crippen molar-refractivity contribution in [2.45, 2.75) is 58.0 Å². The molecular formula is C24H28Cl4N2O2S. The van der Waals surface area contributed by atoms with Crippen molar-refractivity contribution in [3.8, 4) is 0 Å². The molecule has 0 saturated carbocycles. The molecule has 1 N–H and O–H groups in total. The second kappa shape index (κ2) is 12.6. The summed E-state index contributed by atoms with van der Waals surface area (Å²) in [5, 5.41) is 5.07. The number of hydrogen-bond donors (Lipinski definition) is 1. The van der Waals surface area contributed by atoms with E-state index in [2.05, 4.69) is 5.32 Å². The predicted molar refractivity (Wildman–Crippen MR) is 142 cm³/mol. The van der Waals surface area contributed by atoms with Crippen LogP contribution in [0, 0.1) is 0 Å². The average Bonchev–Trinajstić information content (AvgIpc) is 2.69. The van der Waals surface area contributed by atoms with Gasteiger partial charge in [-0.15, -0.1) is 11.8 Å². The van der Waals surface area contributed by atoms with Crippen LogP contribution in [-0.4, -0.2) is 34.0 Å². The van der Waals surface area contributed by atoms with Crippen LogP contribution in [0.5, 0.6) is 0 Å². The fourth-order valence-electron chi connectivity index (χ4n) is 3.18. The minimum Gasteiger partial charge on any atom is -0.350 e. The molecule has 9 heteroatoms. The molecule has 0 saturated heterocycles. The molecule has 33 heavy (non-hydrogen) atoms. The van der Waals surface area contributed by atoms with E-state index in [0.29, 0.717) is 32.3 Å². The van der Waals surface area contributed by atoms with E-state index < -0.39 is 11.6 Å². The van der Waals surface area contributed by atoms with E-state index in [1.165, 1.54) is 11.8 Å². The van der Waals surface area contributed by atoms with Gasteiger partial charge in [0.15, 0.2) is 0 Å². The highest BCUT2D eigenvalue weighted by Gasteiger charge is 2.31. The molecule has 0 aliphatic rings. The number of thioether (sulfide) groups is 1. The van der Waals surface area contributed by atoms with Gasteiger partial charge in [-0.1, -0.05) is 65.5 Å². The Hall–Kier alpha value is -1.11. The van der Waals surface area contributed by atoms with Crippen molar-refractivity contribution in [2.75, 3.05) is 5.75 Å². The highest BCUT2D eigenvalue weighted by Crippen LogP contribution is 2.27. The van der Waals surface area contributed by atoms with Crippen LogP contribution in [0.1, 0.15) is 45.2 Å². The molecule has 0 unspecified atom stereocenters. The predicted octanol–water partition coefficient (Wildman–Crippen LogP) is 7.26. The summed E-state index contributed by atoms with van der Waals surface area (Å²) in [6.45, 7) is 7.81. The lowest BCUT2D eigenvalue weighted by Gasteiger charge is -2.33. The van der Waals surface area contributed by atoms with Gasteiger partial charge in [-0.2, -0.15) is 0 Å². The number of carbonyl (C=O) groups excluding carboxylic acids is 2. The molecule has 2 rings (SSSR count). The Balaban J connectivity index is 2.22. The molecule has 0 aliphatic carbocycles. The zero-order valence-electron chi connectivity index (χ0n) is 19.1. The van der Waals surface area contributed by atoms with Crippen molar-refractivity contribution in [3.05, 3.63) is 67.6 Å². The maximum Gasteiger partial charge on any atom is 0.243 e. The lowest BCUT2D eigenvalue weighted by Crippen LogP contribution is -2.53. The van der Waals surface area contributed by atoms with Gasteiger partial charge in [0.1, 0.15) is 6.04 Å². The van der Waals surface area contributed by atoms with Gasteiger partial charge in [-0.3, -0.25) is 9.59 Å². The molecule has 0 spiro atoms. The van der Waals surface area contributed by atoms with Crippen LogP contribution < -0.4 is 5.32 Å². The Kier molecular flexibility index (Phi) is 10.7. The van der Waals surface area contributed by atoms with Crippen molar-refractivity contribution in [1.82, 2.24) is 10.2 Å². The molecule has 2 aromatic rings. The maximum absolute atomic E-state index is 13.3. The van der Waals surface area contributed by atoms with E-state index in [1.807, 2.05) is 33.8 Å². The first-order chi connectivity index (χ1) is 15.4. The molecule has 2 amide bonds. The normalized spacial score (nSPS) is 12.4. The Morgan fingerprint density at radius 2 is 1.52 bits per heavy atom. The number of carbonyl (C=O) groups is 2. The summed E-state index contributed by atoms with van der Waals surface area (Å²) in [6, 6.07) is 9.79. The second-order valence-corrected chi connectivity index (χ2v) is 11.3. The van der Waals surface area contributed by atoms with Crippen LogP contribution in [-0.2, 0) is 21.9 Å². The third-order valence-electron chi connectivity index (χ3n) is 4.74. The molecule has 0 fully saturated rings. The van der Waals surface area contributed by atoms with E-state index >= 15 is 0 Å². The van der Waals surface area contributed by atoms with Crippen LogP contribution in [0.3, 0.4) is 0 Å². The summed E-state index contributed by atoms with van der Waals surface area (Å²) in [5.41, 5.74) is 1.20. The molecule has 0 bridgehead atoms. The van der Waals surface area contributed by atoms with Crippen LogP contribution in [0.4, 0.5) is 0 Å². The third kappa shape index (κ3) is 8.88. The number of amides is 2.